The summed E-state index contributed by atoms with van der Waals surface area (Å²) in [7, 11) is 1.90. The number of hydrogen-bond acceptors (Lipinski definition) is 5. The molecule has 2 aromatic heterocycles. The molecular formula is C17H18N4O. The van der Waals surface area contributed by atoms with E-state index in [9.17, 15) is 0 Å². The van der Waals surface area contributed by atoms with Crippen molar-refractivity contribution in [2.45, 2.75) is 13.2 Å². The number of hydrogen-bond donors (Lipinski definition) is 2. The standard InChI is InChI=1S/C17H18N4O/c1-19-8-13-6-15(10-20-9-13)22-11-12-2-3-14-4-5-17(18)21-16(14)7-12/h2-7,9-10,19H,8,11H2,1H3,(H2,18,21). The molecule has 3 aromatic rings. The Balaban J connectivity index is 1.74. The van der Waals surface area contributed by atoms with Crippen LogP contribution < -0.4 is 15.8 Å². The third-order valence-electron chi connectivity index (χ3n) is 3.33. The number of anilines is 1. The zero-order valence-electron chi connectivity index (χ0n) is 12.4. The van der Waals surface area contributed by atoms with Crippen LogP contribution in [0.1, 0.15) is 11.1 Å². The lowest BCUT2D eigenvalue weighted by molar-refractivity contribution is 0.304. The summed E-state index contributed by atoms with van der Waals surface area (Å²) in [4.78, 5) is 8.51. The molecule has 0 aliphatic carbocycles. The number of benzene rings is 1. The van der Waals surface area contributed by atoms with Gasteiger partial charge in [0.1, 0.15) is 18.2 Å². The predicted octanol–water partition coefficient (Wildman–Crippen LogP) is 2.51. The van der Waals surface area contributed by atoms with Gasteiger partial charge in [-0.05, 0) is 42.4 Å². The number of rotatable bonds is 5. The second-order valence-electron chi connectivity index (χ2n) is 5.11. The molecule has 2 heterocycles. The van der Waals surface area contributed by atoms with Crippen molar-refractivity contribution in [3.05, 3.63) is 59.9 Å². The minimum atomic E-state index is 0.469. The van der Waals surface area contributed by atoms with E-state index in [0.717, 1.165) is 34.3 Å². The Labute approximate surface area is 129 Å². The van der Waals surface area contributed by atoms with E-state index in [1.54, 1.807) is 12.3 Å². The number of nitrogen functional groups attached to an aromatic ring is 1. The highest BCUT2D eigenvalue weighted by molar-refractivity contribution is 5.80. The molecular weight excluding hydrogens is 276 g/mol. The summed E-state index contributed by atoms with van der Waals surface area (Å²) >= 11 is 0. The molecule has 0 radical (unpaired) electrons. The average molecular weight is 294 g/mol. The number of nitrogens with one attached hydrogen (secondary N) is 1. The Kier molecular flexibility index (Phi) is 4.16. The van der Waals surface area contributed by atoms with Crippen LogP contribution in [0.3, 0.4) is 0 Å². The molecule has 0 atom stereocenters. The zero-order valence-corrected chi connectivity index (χ0v) is 12.4. The van der Waals surface area contributed by atoms with Crippen molar-refractivity contribution in [3.63, 3.8) is 0 Å². The van der Waals surface area contributed by atoms with Crippen molar-refractivity contribution in [1.82, 2.24) is 15.3 Å². The molecule has 0 saturated carbocycles. The van der Waals surface area contributed by atoms with Gasteiger partial charge in [-0.25, -0.2) is 4.98 Å². The Bertz CT molecular complexity index is 788. The minimum absolute atomic E-state index is 0.469. The zero-order chi connectivity index (χ0) is 15.4. The first-order valence-corrected chi connectivity index (χ1v) is 7.11. The highest BCUT2D eigenvalue weighted by Crippen LogP contribution is 2.18. The summed E-state index contributed by atoms with van der Waals surface area (Å²) in [6.07, 6.45) is 3.54. The molecule has 0 bridgehead atoms. The molecule has 1 aromatic carbocycles. The topological polar surface area (TPSA) is 73.1 Å². The van der Waals surface area contributed by atoms with Gasteiger partial charge in [0.25, 0.3) is 0 Å². The fraction of sp³-hybridized carbons (Fsp3) is 0.176. The van der Waals surface area contributed by atoms with E-state index in [-0.39, 0.29) is 0 Å². The number of fused-ring (bicyclic) bond motifs is 1. The van der Waals surface area contributed by atoms with Crippen LogP contribution in [0.4, 0.5) is 5.82 Å². The van der Waals surface area contributed by atoms with Crippen molar-refractivity contribution in [1.29, 1.82) is 0 Å². The number of nitrogens with zero attached hydrogens (tertiary/aromatic N) is 2. The van der Waals surface area contributed by atoms with Crippen molar-refractivity contribution >= 4 is 16.7 Å². The second-order valence-corrected chi connectivity index (χ2v) is 5.11. The molecule has 0 amide bonds. The molecule has 3 rings (SSSR count). The van der Waals surface area contributed by atoms with Crippen LogP contribution in [0, 0.1) is 0 Å². The normalized spacial score (nSPS) is 10.8. The van der Waals surface area contributed by atoms with E-state index in [1.807, 2.05) is 43.6 Å². The summed E-state index contributed by atoms with van der Waals surface area (Å²) in [5.74, 6) is 1.28. The predicted molar refractivity (Wildman–Crippen MR) is 87.5 cm³/mol. The van der Waals surface area contributed by atoms with E-state index in [0.29, 0.717) is 12.4 Å². The lowest BCUT2D eigenvalue weighted by atomic mass is 10.1. The number of nitrogens with two attached hydrogens (primary N) is 1. The summed E-state index contributed by atoms with van der Waals surface area (Å²) in [5, 5.41) is 4.16. The fourth-order valence-electron chi connectivity index (χ4n) is 2.28. The summed E-state index contributed by atoms with van der Waals surface area (Å²) in [6, 6.07) is 11.8. The molecule has 0 spiro atoms. The summed E-state index contributed by atoms with van der Waals surface area (Å²) in [5.41, 5.74) is 8.74. The molecule has 0 aliphatic heterocycles. The summed E-state index contributed by atoms with van der Waals surface area (Å²) in [6.45, 7) is 1.24. The molecule has 112 valence electrons. The van der Waals surface area contributed by atoms with Gasteiger partial charge < -0.3 is 15.8 Å². The van der Waals surface area contributed by atoms with Crippen LogP contribution in [0.25, 0.3) is 10.9 Å². The van der Waals surface area contributed by atoms with Gasteiger partial charge in [0.05, 0.1) is 11.7 Å². The fourth-order valence-corrected chi connectivity index (χ4v) is 2.28. The van der Waals surface area contributed by atoms with Crippen LogP contribution in [0.15, 0.2) is 48.8 Å². The Morgan fingerprint density at radius 3 is 2.82 bits per heavy atom. The van der Waals surface area contributed by atoms with Crippen molar-refractivity contribution in [3.8, 4) is 5.75 Å². The monoisotopic (exact) mass is 294 g/mol. The molecule has 0 fully saturated rings. The lowest BCUT2D eigenvalue weighted by Gasteiger charge is -2.08. The van der Waals surface area contributed by atoms with Gasteiger partial charge in [-0.2, -0.15) is 0 Å². The quantitative estimate of drug-likeness (QED) is 0.756. The maximum atomic E-state index is 5.81. The largest absolute Gasteiger partial charge is 0.487 e. The van der Waals surface area contributed by atoms with Crippen LogP contribution >= 0.6 is 0 Å². The first-order valence-electron chi connectivity index (χ1n) is 7.11. The first-order chi connectivity index (χ1) is 10.7. The molecule has 3 N–H and O–H groups in total. The Hall–Kier alpha value is -2.66. The Morgan fingerprint density at radius 2 is 1.95 bits per heavy atom. The first kappa shape index (κ1) is 14.3. The lowest BCUT2D eigenvalue weighted by Crippen LogP contribution is -2.05. The molecule has 0 saturated heterocycles. The van der Waals surface area contributed by atoms with Crippen molar-refractivity contribution in [2.75, 3.05) is 12.8 Å². The average Bonchev–Trinajstić information content (AvgIpc) is 2.53. The smallest absolute Gasteiger partial charge is 0.138 e. The van der Waals surface area contributed by atoms with E-state index in [1.165, 1.54) is 0 Å². The third-order valence-corrected chi connectivity index (χ3v) is 3.33. The van der Waals surface area contributed by atoms with Gasteiger partial charge in [-0.15, -0.1) is 0 Å². The SMILES string of the molecule is CNCc1cncc(OCc2ccc3ccc(N)nc3c2)c1. The number of ether oxygens (including phenoxy) is 1. The van der Waals surface area contributed by atoms with E-state index in [2.05, 4.69) is 15.3 Å². The highest BCUT2D eigenvalue weighted by atomic mass is 16.5. The van der Waals surface area contributed by atoms with Gasteiger partial charge in [-0.1, -0.05) is 12.1 Å². The minimum Gasteiger partial charge on any atom is -0.487 e. The van der Waals surface area contributed by atoms with Gasteiger partial charge in [-0.3, -0.25) is 4.98 Å². The molecule has 0 aliphatic rings. The van der Waals surface area contributed by atoms with Crippen LogP contribution in [-0.4, -0.2) is 17.0 Å². The van der Waals surface area contributed by atoms with Gasteiger partial charge in [0.15, 0.2) is 0 Å². The van der Waals surface area contributed by atoms with Gasteiger partial charge in [0.2, 0.25) is 0 Å². The van der Waals surface area contributed by atoms with Crippen molar-refractivity contribution < 1.29 is 4.74 Å². The molecule has 22 heavy (non-hydrogen) atoms. The summed E-state index contributed by atoms with van der Waals surface area (Å²) < 4.78 is 5.81. The maximum absolute atomic E-state index is 5.81. The number of aromatic nitrogens is 2. The van der Waals surface area contributed by atoms with Crippen LogP contribution in [0.5, 0.6) is 5.75 Å². The van der Waals surface area contributed by atoms with Crippen LogP contribution in [-0.2, 0) is 13.2 Å². The van der Waals surface area contributed by atoms with Gasteiger partial charge in [0, 0.05) is 18.1 Å². The molecule has 0 unspecified atom stereocenters. The molecule has 5 nitrogen and oxygen atoms in total. The van der Waals surface area contributed by atoms with Gasteiger partial charge >= 0.3 is 0 Å². The van der Waals surface area contributed by atoms with E-state index in [4.69, 9.17) is 10.5 Å². The number of pyridine rings is 2. The maximum Gasteiger partial charge on any atom is 0.138 e. The second kappa shape index (κ2) is 6.41. The van der Waals surface area contributed by atoms with E-state index >= 15 is 0 Å². The Morgan fingerprint density at radius 1 is 1.09 bits per heavy atom. The van der Waals surface area contributed by atoms with E-state index < -0.39 is 0 Å². The third kappa shape index (κ3) is 3.32. The highest BCUT2D eigenvalue weighted by Gasteiger charge is 2.02. The van der Waals surface area contributed by atoms with Crippen molar-refractivity contribution in [2.24, 2.45) is 0 Å². The van der Waals surface area contributed by atoms with Crippen LogP contribution in [0.2, 0.25) is 0 Å². The molecule has 5 heteroatoms.